The normalized spacial score (nSPS) is 12.2. The molecule has 0 aromatic heterocycles. The lowest BCUT2D eigenvalue weighted by atomic mass is 10.1. The van der Waals surface area contributed by atoms with Crippen molar-refractivity contribution < 1.29 is 14.9 Å². The van der Waals surface area contributed by atoms with Gasteiger partial charge in [0, 0.05) is 18.8 Å². The first-order valence-corrected chi connectivity index (χ1v) is 9.51. The van der Waals surface area contributed by atoms with E-state index in [9.17, 15) is 10.2 Å². The zero-order valence-corrected chi connectivity index (χ0v) is 15.2. The van der Waals surface area contributed by atoms with E-state index in [1.807, 2.05) is 0 Å². The van der Waals surface area contributed by atoms with Crippen LogP contribution in [0.25, 0.3) is 0 Å². The molecule has 4 nitrogen and oxygen atoms in total. The molecule has 0 saturated heterocycles. The molecule has 1 atom stereocenters. The van der Waals surface area contributed by atoms with Crippen LogP contribution in [0.1, 0.15) is 64.7 Å². The summed E-state index contributed by atoms with van der Waals surface area (Å²) in [5.41, 5.74) is 0.880. The highest BCUT2D eigenvalue weighted by Crippen LogP contribution is 2.13. The Morgan fingerprint density at radius 3 is 2.12 bits per heavy atom. The van der Waals surface area contributed by atoms with E-state index in [-0.39, 0.29) is 5.75 Å². The molecule has 1 aromatic carbocycles. The smallest absolute Gasteiger partial charge is 0.115 e. The molecular weight excluding hydrogens is 302 g/mol. The van der Waals surface area contributed by atoms with Crippen LogP contribution in [0.5, 0.6) is 5.75 Å². The molecule has 1 unspecified atom stereocenters. The third kappa shape index (κ3) is 11.3. The van der Waals surface area contributed by atoms with Gasteiger partial charge in [-0.15, -0.1) is 0 Å². The topological polar surface area (TPSA) is 61.7 Å². The summed E-state index contributed by atoms with van der Waals surface area (Å²) in [7, 11) is 0. The fourth-order valence-electron chi connectivity index (χ4n) is 2.61. The number of unbranched alkanes of at least 4 members (excludes halogenated alkanes) is 8. The molecule has 0 aliphatic rings. The molecule has 0 heterocycles. The number of nitrogens with one attached hydrogen (secondary N) is 1. The summed E-state index contributed by atoms with van der Waals surface area (Å²) in [6.45, 7) is 3.79. The third-order valence-electron chi connectivity index (χ3n) is 4.11. The largest absolute Gasteiger partial charge is 0.508 e. The Morgan fingerprint density at radius 1 is 0.917 bits per heavy atom. The maximum absolute atomic E-state index is 9.87. The second-order valence-corrected chi connectivity index (χ2v) is 6.48. The van der Waals surface area contributed by atoms with E-state index in [1.54, 1.807) is 24.3 Å². The van der Waals surface area contributed by atoms with E-state index in [2.05, 4.69) is 12.2 Å². The molecule has 1 aromatic rings. The van der Waals surface area contributed by atoms with E-state index < -0.39 is 6.10 Å². The minimum atomic E-state index is -0.516. The fourth-order valence-corrected chi connectivity index (χ4v) is 2.61. The van der Waals surface area contributed by atoms with Crippen LogP contribution >= 0.6 is 0 Å². The van der Waals surface area contributed by atoms with Gasteiger partial charge in [-0.25, -0.2) is 0 Å². The third-order valence-corrected chi connectivity index (χ3v) is 4.11. The Balaban J connectivity index is 1.87. The van der Waals surface area contributed by atoms with Crippen LogP contribution in [0.15, 0.2) is 24.3 Å². The van der Waals surface area contributed by atoms with Gasteiger partial charge in [-0.3, -0.25) is 0 Å². The number of phenolic OH excluding ortho intramolecular Hbond substituents is 1. The Hall–Kier alpha value is -1.26. The summed E-state index contributed by atoms with van der Waals surface area (Å²) in [5, 5.41) is 22.2. The summed E-state index contributed by atoms with van der Waals surface area (Å²) in [6.07, 6.45) is 11.2. The highest BCUT2D eigenvalue weighted by Gasteiger charge is 2.04. The van der Waals surface area contributed by atoms with Crippen LogP contribution < -0.4 is 5.32 Å². The van der Waals surface area contributed by atoms with E-state index in [4.69, 9.17) is 4.74 Å². The maximum Gasteiger partial charge on any atom is 0.115 e. The number of hydrogen-bond donors (Lipinski definition) is 3. The zero-order valence-electron chi connectivity index (χ0n) is 15.2. The lowest BCUT2D eigenvalue weighted by molar-refractivity contribution is 0.0416. The number of hydrogen-bond acceptors (Lipinski definition) is 4. The van der Waals surface area contributed by atoms with Gasteiger partial charge >= 0.3 is 0 Å². The lowest BCUT2D eigenvalue weighted by Crippen LogP contribution is -2.25. The number of aromatic hydroxyl groups is 1. The van der Waals surface area contributed by atoms with Crippen LogP contribution in [0.4, 0.5) is 5.69 Å². The van der Waals surface area contributed by atoms with Crippen molar-refractivity contribution >= 4 is 5.69 Å². The minimum absolute atomic E-state index is 0.241. The van der Waals surface area contributed by atoms with E-state index in [0.717, 1.165) is 18.7 Å². The van der Waals surface area contributed by atoms with Crippen LogP contribution in [-0.4, -0.2) is 36.1 Å². The van der Waals surface area contributed by atoms with Crippen LogP contribution in [0, 0.1) is 0 Å². The van der Waals surface area contributed by atoms with Crippen molar-refractivity contribution in [1.82, 2.24) is 0 Å². The summed E-state index contributed by atoms with van der Waals surface area (Å²) in [6, 6.07) is 6.81. The predicted octanol–water partition coefficient (Wildman–Crippen LogP) is 4.71. The molecular formula is C20H35NO3. The SMILES string of the molecule is CCCCCCCCCCCOCC(O)CNc1ccc(O)cc1. The fraction of sp³-hybridized carbons (Fsp3) is 0.700. The first-order chi connectivity index (χ1) is 11.7. The average Bonchev–Trinajstić information content (AvgIpc) is 2.59. The highest BCUT2D eigenvalue weighted by atomic mass is 16.5. The molecule has 0 saturated carbocycles. The van der Waals surface area contributed by atoms with Crippen molar-refractivity contribution in [2.75, 3.05) is 25.1 Å². The van der Waals surface area contributed by atoms with Crippen molar-refractivity contribution in [3.63, 3.8) is 0 Å². The van der Waals surface area contributed by atoms with Gasteiger partial charge in [0.15, 0.2) is 0 Å². The van der Waals surface area contributed by atoms with Crippen LogP contribution in [-0.2, 0) is 4.74 Å². The molecule has 138 valence electrons. The number of anilines is 1. The van der Waals surface area contributed by atoms with Gasteiger partial charge in [-0.05, 0) is 30.7 Å². The standard InChI is InChI=1S/C20H35NO3/c1-2-3-4-5-6-7-8-9-10-15-24-17-20(23)16-21-18-11-13-19(22)14-12-18/h11-14,20-23H,2-10,15-17H2,1H3. The molecule has 0 amide bonds. The number of rotatable bonds is 15. The van der Waals surface area contributed by atoms with Gasteiger partial charge in [-0.2, -0.15) is 0 Å². The summed E-state index contributed by atoms with van der Waals surface area (Å²) in [5.74, 6) is 0.241. The number of benzene rings is 1. The number of ether oxygens (including phenoxy) is 1. The molecule has 0 aliphatic carbocycles. The molecule has 1 rings (SSSR count). The van der Waals surface area contributed by atoms with Gasteiger partial charge in [0.05, 0.1) is 12.7 Å². The van der Waals surface area contributed by atoms with E-state index >= 15 is 0 Å². The van der Waals surface area contributed by atoms with Gasteiger partial charge < -0.3 is 20.3 Å². The second kappa shape index (κ2) is 14.1. The van der Waals surface area contributed by atoms with Gasteiger partial charge in [-0.1, -0.05) is 58.3 Å². The van der Waals surface area contributed by atoms with Crippen molar-refractivity contribution in [3.8, 4) is 5.75 Å². The number of phenols is 1. The monoisotopic (exact) mass is 337 g/mol. The van der Waals surface area contributed by atoms with E-state index in [1.165, 1.54) is 51.4 Å². The Bertz CT molecular complexity index is 394. The Morgan fingerprint density at radius 2 is 1.50 bits per heavy atom. The molecule has 0 radical (unpaired) electrons. The Kier molecular flexibility index (Phi) is 12.2. The quantitative estimate of drug-likeness (QED) is 0.320. The molecule has 24 heavy (non-hydrogen) atoms. The van der Waals surface area contributed by atoms with Crippen molar-refractivity contribution in [3.05, 3.63) is 24.3 Å². The van der Waals surface area contributed by atoms with Crippen molar-refractivity contribution in [2.24, 2.45) is 0 Å². The molecule has 0 aliphatic heterocycles. The van der Waals surface area contributed by atoms with Gasteiger partial charge in [0.25, 0.3) is 0 Å². The summed E-state index contributed by atoms with van der Waals surface area (Å²) >= 11 is 0. The first-order valence-electron chi connectivity index (χ1n) is 9.51. The van der Waals surface area contributed by atoms with Crippen LogP contribution in [0.2, 0.25) is 0 Å². The molecule has 0 spiro atoms. The van der Waals surface area contributed by atoms with Gasteiger partial charge in [0.1, 0.15) is 5.75 Å². The number of aliphatic hydroxyl groups is 1. The summed E-state index contributed by atoms with van der Waals surface area (Å²) in [4.78, 5) is 0. The van der Waals surface area contributed by atoms with Gasteiger partial charge in [0.2, 0.25) is 0 Å². The van der Waals surface area contributed by atoms with E-state index in [0.29, 0.717) is 13.2 Å². The lowest BCUT2D eigenvalue weighted by Gasteiger charge is -2.13. The highest BCUT2D eigenvalue weighted by molar-refractivity contribution is 5.45. The second-order valence-electron chi connectivity index (χ2n) is 6.48. The summed E-state index contributed by atoms with van der Waals surface area (Å²) < 4.78 is 5.53. The molecule has 0 fully saturated rings. The zero-order chi connectivity index (χ0) is 17.5. The van der Waals surface area contributed by atoms with Crippen LogP contribution in [0.3, 0.4) is 0 Å². The predicted molar refractivity (Wildman–Crippen MR) is 101 cm³/mol. The first kappa shape index (κ1) is 20.8. The number of aliphatic hydroxyl groups excluding tert-OH is 1. The average molecular weight is 338 g/mol. The van der Waals surface area contributed by atoms with Crippen molar-refractivity contribution in [2.45, 2.75) is 70.8 Å². The maximum atomic E-state index is 9.87. The molecule has 4 heteroatoms. The minimum Gasteiger partial charge on any atom is -0.508 e. The Labute approximate surface area is 147 Å². The molecule has 0 bridgehead atoms. The van der Waals surface area contributed by atoms with Crippen molar-refractivity contribution in [1.29, 1.82) is 0 Å². The molecule has 3 N–H and O–H groups in total.